The minimum atomic E-state index is -3.35. The van der Waals surface area contributed by atoms with Crippen LogP contribution in [0, 0.1) is 0 Å². The second-order valence-electron chi connectivity index (χ2n) is 3.74. The van der Waals surface area contributed by atoms with E-state index in [4.69, 9.17) is 4.74 Å². The molecule has 0 aliphatic carbocycles. The summed E-state index contributed by atoms with van der Waals surface area (Å²) in [4.78, 5) is 21.4. The van der Waals surface area contributed by atoms with Gasteiger partial charge in [0.15, 0.2) is 0 Å². The second-order valence-corrected chi connectivity index (χ2v) is 6.01. The van der Waals surface area contributed by atoms with Crippen LogP contribution in [0.5, 0.6) is 0 Å². The van der Waals surface area contributed by atoms with E-state index >= 15 is 0 Å². The number of hydrogen-bond acceptors (Lipinski definition) is 6. The van der Waals surface area contributed by atoms with Gasteiger partial charge in [-0.05, 0) is 12.8 Å². The van der Waals surface area contributed by atoms with Gasteiger partial charge in [-0.2, -0.15) is 0 Å². The third-order valence-electron chi connectivity index (χ3n) is 2.26. The maximum absolute atomic E-state index is 11.6. The van der Waals surface area contributed by atoms with Crippen LogP contribution in [0.1, 0.15) is 19.3 Å². The van der Waals surface area contributed by atoms with E-state index in [0.717, 1.165) is 6.29 Å². The second kappa shape index (κ2) is 11.6. The van der Waals surface area contributed by atoms with Crippen molar-refractivity contribution in [3.8, 4) is 0 Å². The molecule has 114 valence electrons. The normalized spacial score (nSPS) is 12.1. The minimum Gasteiger partial charge on any atom is -0.465 e. The van der Waals surface area contributed by atoms with Crippen LogP contribution in [0.15, 0.2) is 24.3 Å². The zero-order valence-electron chi connectivity index (χ0n) is 11.8. The maximum Gasteiger partial charge on any atom is 0.341 e. The highest BCUT2D eigenvalue weighted by Crippen LogP contribution is 2.45. The van der Waals surface area contributed by atoms with E-state index in [-0.39, 0.29) is 6.61 Å². The van der Waals surface area contributed by atoms with E-state index in [1.165, 1.54) is 14.2 Å². The lowest BCUT2D eigenvalue weighted by molar-refractivity contribution is -0.140. The quantitative estimate of drug-likeness (QED) is 0.192. The Morgan fingerprint density at radius 2 is 1.65 bits per heavy atom. The molecule has 0 amide bonds. The third-order valence-corrected chi connectivity index (χ3v) is 4.02. The maximum atomic E-state index is 11.6. The number of carbonyl (C=O) groups is 2. The predicted octanol–water partition coefficient (Wildman–Crippen LogP) is 2.50. The summed E-state index contributed by atoms with van der Waals surface area (Å²) in [6.07, 6.45) is 9.60. The summed E-state index contributed by atoms with van der Waals surface area (Å²) in [6.45, 7) is 0.199. The van der Waals surface area contributed by atoms with Gasteiger partial charge in [0.05, 0.1) is 6.61 Å². The van der Waals surface area contributed by atoms with E-state index in [0.29, 0.717) is 19.3 Å². The van der Waals surface area contributed by atoms with Crippen molar-refractivity contribution in [1.82, 2.24) is 0 Å². The van der Waals surface area contributed by atoms with Crippen molar-refractivity contribution in [2.75, 3.05) is 27.0 Å². The molecular formula is C13H21O6P. The van der Waals surface area contributed by atoms with Crippen molar-refractivity contribution in [2.45, 2.75) is 19.3 Å². The number of rotatable bonds is 11. The van der Waals surface area contributed by atoms with Gasteiger partial charge >= 0.3 is 13.6 Å². The van der Waals surface area contributed by atoms with Crippen LogP contribution in [-0.2, 0) is 27.9 Å². The van der Waals surface area contributed by atoms with Crippen LogP contribution in [0.2, 0.25) is 0 Å². The first-order chi connectivity index (χ1) is 9.58. The molecule has 0 aliphatic rings. The molecule has 0 aromatic carbocycles. The van der Waals surface area contributed by atoms with Crippen molar-refractivity contribution in [3.63, 3.8) is 0 Å². The fourth-order valence-corrected chi connectivity index (χ4v) is 1.98. The molecule has 7 heteroatoms. The molecule has 0 bridgehead atoms. The van der Waals surface area contributed by atoms with Crippen molar-refractivity contribution >= 4 is 19.9 Å². The molecule has 0 fully saturated rings. The van der Waals surface area contributed by atoms with E-state index in [2.05, 4.69) is 9.05 Å². The molecule has 20 heavy (non-hydrogen) atoms. The van der Waals surface area contributed by atoms with Crippen molar-refractivity contribution < 1.29 is 27.9 Å². The van der Waals surface area contributed by atoms with Gasteiger partial charge in [-0.3, -0.25) is 9.36 Å². The van der Waals surface area contributed by atoms with Gasteiger partial charge in [0, 0.05) is 20.6 Å². The lowest BCUT2D eigenvalue weighted by atomic mass is 10.3. The van der Waals surface area contributed by atoms with Gasteiger partial charge in [0.25, 0.3) is 0 Å². The Balaban J connectivity index is 3.77. The number of carbonyl (C=O) groups excluding carboxylic acids is 2. The van der Waals surface area contributed by atoms with Gasteiger partial charge < -0.3 is 18.6 Å². The Morgan fingerprint density at radius 3 is 2.20 bits per heavy atom. The molecule has 6 nitrogen and oxygen atoms in total. The third kappa shape index (κ3) is 9.67. The molecule has 0 saturated carbocycles. The molecule has 0 unspecified atom stereocenters. The summed E-state index contributed by atoms with van der Waals surface area (Å²) >= 11 is 0. The smallest absolute Gasteiger partial charge is 0.341 e. The average Bonchev–Trinajstić information content (AvgIpc) is 2.45. The van der Waals surface area contributed by atoms with Crippen molar-refractivity contribution in [3.05, 3.63) is 24.3 Å². The number of hydrogen-bond donors (Lipinski definition) is 0. The topological polar surface area (TPSA) is 78.9 Å². The lowest BCUT2D eigenvalue weighted by Gasteiger charge is -2.12. The van der Waals surface area contributed by atoms with Crippen LogP contribution in [0.25, 0.3) is 0 Å². The van der Waals surface area contributed by atoms with Crippen LogP contribution in [0.3, 0.4) is 0 Å². The van der Waals surface area contributed by atoms with Crippen LogP contribution in [-0.4, -0.2) is 39.2 Å². The molecule has 0 aromatic heterocycles. The van der Waals surface area contributed by atoms with Crippen LogP contribution >= 0.6 is 7.60 Å². The molecule has 0 saturated heterocycles. The first-order valence-corrected chi connectivity index (χ1v) is 7.92. The highest BCUT2D eigenvalue weighted by atomic mass is 31.2. The van der Waals surface area contributed by atoms with Gasteiger partial charge in [0.1, 0.15) is 12.4 Å². The Labute approximate surface area is 119 Å². The predicted molar refractivity (Wildman–Crippen MR) is 75.6 cm³/mol. The number of aldehydes is 1. The highest BCUT2D eigenvalue weighted by Gasteiger charge is 2.26. The largest absolute Gasteiger partial charge is 0.465 e. The summed E-state index contributed by atoms with van der Waals surface area (Å²) in [5.74, 6) is -0.619. The molecule has 0 spiro atoms. The summed E-state index contributed by atoms with van der Waals surface area (Å²) in [5.41, 5.74) is 0. The molecule has 0 radical (unpaired) electrons. The number of allylic oxidation sites excluding steroid dienone is 3. The van der Waals surface area contributed by atoms with Gasteiger partial charge in [-0.25, -0.2) is 0 Å². The summed E-state index contributed by atoms with van der Waals surface area (Å²) in [5, 5.41) is 0. The van der Waals surface area contributed by atoms with E-state index in [1.54, 1.807) is 0 Å². The number of esters is 1. The van der Waals surface area contributed by atoms with E-state index in [9.17, 15) is 14.2 Å². The standard InChI is InChI=1S/C13H21O6P/c1-17-20(16,18-2)12-13(15)19-11-9-7-5-3-4-6-8-10-14/h3-5,7,10H,6,8-9,11-12H2,1-2H3/b4-3+,7-5-. The Hall–Kier alpha value is -1.23. The van der Waals surface area contributed by atoms with Gasteiger partial charge in [-0.15, -0.1) is 0 Å². The van der Waals surface area contributed by atoms with Gasteiger partial charge in [0.2, 0.25) is 0 Å². The van der Waals surface area contributed by atoms with Crippen LogP contribution in [0.4, 0.5) is 0 Å². The molecule has 0 N–H and O–H groups in total. The van der Waals surface area contributed by atoms with E-state index in [1.807, 2.05) is 24.3 Å². The lowest BCUT2D eigenvalue weighted by Crippen LogP contribution is -2.12. The molecule has 0 aromatic rings. The van der Waals surface area contributed by atoms with Crippen LogP contribution < -0.4 is 0 Å². The Morgan fingerprint density at radius 1 is 1.05 bits per heavy atom. The SMILES string of the molecule is COP(=O)(CC(=O)OCC/C=C\C=C\CCC=O)OC. The Bertz CT molecular complexity index is 380. The zero-order valence-corrected chi connectivity index (χ0v) is 12.7. The minimum absolute atomic E-state index is 0.199. The molecular weight excluding hydrogens is 283 g/mol. The molecule has 0 aliphatic heterocycles. The summed E-state index contributed by atoms with van der Waals surface area (Å²) in [7, 11) is -0.908. The number of ether oxygens (including phenoxy) is 1. The summed E-state index contributed by atoms with van der Waals surface area (Å²) < 4.78 is 25.8. The highest BCUT2D eigenvalue weighted by molar-refractivity contribution is 7.54. The fraction of sp³-hybridized carbons (Fsp3) is 0.538. The molecule has 0 heterocycles. The van der Waals surface area contributed by atoms with E-state index < -0.39 is 19.7 Å². The van der Waals surface area contributed by atoms with Crippen molar-refractivity contribution in [2.24, 2.45) is 0 Å². The molecule has 0 rings (SSSR count). The fourth-order valence-electron chi connectivity index (χ4n) is 1.16. The Kier molecular flexibility index (Phi) is 10.9. The van der Waals surface area contributed by atoms with Gasteiger partial charge in [-0.1, -0.05) is 24.3 Å². The number of unbranched alkanes of at least 4 members (excludes halogenated alkanes) is 1. The first-order valence-electron chi connectivity index (χ1n) is 6.19. The molecule has 0 atom stereocenters. The first kappa shape index (κ1) is 18.8. The summed E-state index contributed by atoms with van der Waals surface area (Å²) in [6, 6.07) is 0. The average molecular weight is 304 g/mol. The monoisotopic (exact) mass is 304 g/mol. The zero-order chi connectivity index (χ0) is 15.3. The van der Waals surface area contributed by atoms with Crippen molar-refractivity contribution in [1.29, 1.82) is 0 Å².